The molecule has 0 unspecified atom stereocenters. The minimum atomic E-state index is -0.116. The fraction of sp³-hybridized carbons (Fsp3) is 0.550. The molecule has 25 heavy (non-hydrogen) atoms. The Balaban J connectivity index is 1.77. The first-order chi connectivity index (χ1) is 12.0. The maximum atomic E-state index is 12.6. The van der Waals surface area contributed by atoms with Gasteiger partial charge in [-0.1, -0.05) is 37.8 Å². The minimum Gasteiger partial charge on any atom is -0.348 e. The lowest BCUT2D eigenvalue weighted by Gasteiger charge is -2.25. The summed E-state index contributed by atoms with van der Waals surface area (Å²) in [6.07, 6.45) is 7.67. The zero-order valence-corrected chi connectivity index (χ0v) is 15.2. The number of benzene rings is 1. The van der Waals surface area contributed by atoms with Crippen molar-refractivity contribution in [3.05, 3.63) is 29.3 Å². The number of aryl methyl sites for hydroxylation is 2. The third-order valence-electron chi connectivity index (χ3n) is 5.08. The van der Waals surface area contributed by atoms with Crippen LogP contribution in [0, 0.1) is 13.8 Å². The van der Waals surface area contributed by atoms with E-state index >= 15 is 0 Å². The SMILES string of the molecule is Cc1ccc(C)c(N2N=C(C(=O)NC3CCCCCC3)CCC2=O)c1. The highest BCUT2D eigenvalue weighted by molar-refractivity contribution is 6.40. The molecule has 1 aliphatic heterocycles. The Hall–Kier alpha value is -2.17. The molecule has 1 heterocycles. The molecule has 0 radical (unpaired) electrons. The van der Waals surface area contributed by atoms with E-state index in [9.17, 15) is 9.59 Å². The molecular weight excluding hydrogens is 314 g/mol. The van der Waals surface area contributed by atoms with Crippen molar-refractivity contribution in [3.8, 4) is 0 Å². The minimum absolute atomic E-state index is 0.0558. The molecule has 1 N–H and O–H groups in total. The molecule has 0 aromatic heterocycles. The van der Waals surface area contributed by atoms with Gasteiger partial charge in [0.15, 0.2) is 0 Å². The highest BCUT2D eigenvalue weighted by Crippen LogP contribution is 2.25. The number of hydrazone groups is 1. The summed E-state index contributed by atoms with van der Waals surface area (Å²) in [6.45, 7) is 3.94. The van der Waals surface area contributed by atoms with Crippen molar-refractivity contribution >= 4 is 23.2 Å². The molecule has 1 aliphatic carbocycles. The first kappa shape index (κ1) is 17.6. The van der Waals surface area contributed by atoms with Crippen LogP contribution >= 0.6 is 0 Å². The monoisotopic (exact) mass is 341 g/mol. The van der Waals surface area contributed by atoms with Gasteiger partial charge in [-0.15, -0.1) is 0 Å². The second-order valence-corrected chi connectivity index (χ2v) is 7.20. The van der Waals surface area contributed by atoms with Gasteiger partial charge in [0.2, 0.25) is 5.91 Å². The number of hydrogen-bond donors (Lipinski definition) is 1. The second kappa shape index (κ2) is 7.81. The Morgan fingerprint density at radius 1 is 1.12 bits per heavy atom. The molecule has 2 aliphatic rings. The summed E-state index contributed by atoms with van der Waals surface area (Å²) in [5.74, 6) is -0.172. The normalized spacial score (nSPS) is 19.4. The maximum absolute atomic E-state index is 12.6. The standard InChI is InChI=1S/C20H27N3O2/c1-14-9-10-15(2)18(13-14)23-19(24)12-11-17(22-23)20(25)21-16-7-5-3-4-6-8-16/h9-10,13,16H,3-8,11-12H2,1-2H3,(H,21,25). The molecule has 134 valence electrons. The van der Waals surface area contributed by atoms with Gasteiger partial charge in [0, 0.05) is 18.9 Å². The van der Waals surface area contributed by atoms with Crippen molar-refractivity contribution in [2.45, 2.75) is 71.3 Å². The second-order valence-electron chi connectivity index (χ2n) is 7.20. The van der Waals surface area contributed by atoms with Gasteiger partial charge in [-0.25, -0.2) is 5.01 Å². The highest BCUT2D eigenvalue weighted by Gasteiger charge is 2.27. The van der Waals surface area contributed by atoms with Crippen LogP contribution < -0.4 is 10.3 Å². The van der Waals surface area contributed by atoms with Crippen LogP contribution in [0.1, 0.15) is 62.5 Å². The molecule has 2 amide bonds. The van der Waals surface area contributed by atoms with Crippen molar-refractivity contribution in [1.29, 1.82) is 0 Å². The molecule has 0 atom stereocenters. The van der Waals surface area contributed by atoms with E-state index in [4.69, 9.17) is 0 Å². The summed E-state index contributed by atoms with van der Waals surface area (Å²) in [5.41, 5.74) is 3.28. The Bertz CT molecular complexity index is 688. The summed E-state index contributed by atoms with van der Waals surface area (Å²) < 4.78 is 0. The van der Waals surface area contributed by atoms with E-state index in [0.29, 0.717) is 18.6 Å². The van der Waals surface area contributed by atoms with E-state index in [-0.39, 0.29) is 17.9 Å². The number of nitrogens with one attached hydrogen (secondary N) is 1. The third-order valence-corrected chi connectivity index (χ3v) is 5.08. The molecule has 5 heteroatoms. The smallest absolute Gasteiger partial charge is 0.267 e. The maximum Gasteiger partial charge on any atom is 0.267 e. The zero-order chi connectivity index (χ0) is 17.8. The zero-order valence-electron chi connectivity index (χ0n) is 15.2. The number of amides is 2. The molecule has 3 rings (SSSR count). The summed E-state index contributed by atoms with van der Waals surface area (Å²) >= 11 is 0. The van der Waals surface area contributed by atoms with Crippen LogP contribution in [0.25, 0.3) is 0 Å². The van der Waals surface area contributed by atoms with Crippen molar-refractivity contribution < 1.29 is 9.59 Å². The van der Waals surface area contributed by atoms with Crippen molar-refractivity contribution in [1.82, 2.24) is 5.32 Å². The van der Waals surface area contributed by atoms with Gasteiger partial charge in [-0.05, 0) is 43.9 Å². The molecule has 1 aromatic carbocycles. The van der Waals surface area contributed by atoms with E-state index in [1.807, 2.05) is 32.0 Å². The number of carbonyl (C=O) groups is 2. The quantitative estimate of drug-likeness (QED) is 0.854. The lowest BCUT2D eigenvalue weighted by molar-refractivity contribution is -0.119. The van der Waals surface area contributed by atoms with Gasteiger partial charge in [0.05, 0.1) is 5.69 Å². The van der Waals surface area contributed by atoms with Crippen molar-refractivity contribution in [3.63, 3.8) is 0 Å². The fourth-order valence-electron chi connectivity index (χ4n) is 3.54. The topological polar surface area (TPSA) is 61.8 Å². The van der Waals surface area contributed by atoms with Crippen LogP contribution in [-0.4, -0.2) is 23.6 Å². The van der Waals surface area contributed by atoms with Gasteiger partial charge in [0.25, 0.3) is 5.91 Å². The molecule has 0 saturated heterocycles. The first-order valence-electron chi connectivity index (χ1n) is 9.33. The van der Waals surface area contributed by atoms with E-state index in [1.165, 1.54) is 30.7 Å². The Morgan fingerprint density at radius 2 is 1.84 bits per heavy atom. The molecule has 0 spiro atoms. The van der Waals surface area contributed by atoms with Gasteiger partial charge in [-0.2, -0.15) is 5.10 Å². The number of anilines is 1. The fourth-order valence-corrected chi connectivity index (χ4v) is 3.54. The Morgan fingerprint density at radius 3 is 2.56 bits per heavy atom. The molecule has 1 aromatic rings. The van der Waals surface area contributed by atoms with Crippen LogP contribution in [0.5, 0.6) is 0 Å². The number of hydrogen-bond acceptors (Lipinski definition) is 3. The van der Waals surface area contributed by atoms with Crippen molar-refractivity contribution in [2.75, 3.05) is 5.01 Å². The van der Waals surface area contributed by atoms with Crippen LogP contribution in [0.4, 0.5) is 5.69 Å². The predicted molar refractivity (Wildman–Crippen MR) is 99.7 cm³/mol. The number of carbonyl (C=O) groups excluding carboxylic acids is 2. The predicted octanol–water partition coefficient (Wildman–Crippen LogP) is 3.63. The first-order valence-corrected chi connectivity index (χ1v) is 9.33. The van der Waals surface area contributed by atoms with E-state index < -0.39 is 0 Å². The number of nitrogens with zero attached hydrogens (tertiary/aromatic N) is 2. The average molecular weight is 341 g/mol. The summed E-state index contributed by atoms with van der Waals surface area (Å²) in [4.78, 5) is 25.0. The van der Waals surface area contributed by atoms with Gasteiger partial charge in [-0.3, -0.25) is 9.59 Å². The Kier molecular flexibility index (Phi) is 5.51. The third kappa shape index (κ3) is 4.27. The van der Waals surface area contributed by atoms with Crippen LogP contribution in [0.2, 0.25) is 0 Å². The lowest BCUT2D eigenvalue weighted by Crippen LogP contribution is -2.43. The van der Waals surface area contributed by atoms with Crippen LogP contribution in [0.3, 0.4) is 0 Å². The van der Waals surface area contributed by atoms with Crippen LogP contribution in [0.15, 0.2) is 23.3 Å². The largest absolute Gasteiger partial charge is 0.348 e. The van der Waals surface area contributed by atoms with Crippen LogP contribution in [-0.2, 0) is 9.59 Å². The highest BCUT2D eigenvalue weighted by atomic mass is 16.2. The van der Waals surface area contributed by atoms with Gasteiger partial charge in [0.1, 0.15) is 5.71 Å². The summed E-state index contributed by atoms with van der Waals surface area (Å²) in [7, 11) is 0. The lowest BCUT2D eigenvalue weighted by atomic mass is 10.1. The summed E-state index contributed by atoms with van der Waals surface area (Å²) in [5, 5.41) is 8.96. The molecule has 5 nitrogen and oxygen atoms in total. The van der Waals surface area contributed by atoms with E-state index in [0.717, 1.165) is 29.7 Å². The molecule has 1 fully saturated rings. The van der Waals surface area contributed by atoms with Crippen molar-refractivity contribution in [2.24, 2.45) is 5.10 Å². The van der Waals surface area contributed by atoms with E-state index in [1.54, 1.807) is 0 Å². The molecule has 0 bridgehead atoms. The molecule has 1 saturated carbocycles. The Labute approximate surface area is 149 Å². The van der Waals surface area contributed by atoms with Gasteiger partial charge >= 0.3 is 0 Å². The average Bonchev–Trinajstić information content (AvgIpc) is 2.86. The van der Waals surface area contributed by atoms with E-state index in [2.05, 4.69) is 10.4 Å². The molecular formula is C20H27N3O2. The number of rotatable bonds is 3. The summed E-state index contributed by atoms with van der Waals surface area (Å²) in [6, 6.07) is 6.18. The van der Waals surface area contributed by atoms with Gasteiger partial charge < -0.3 is 5.32 Å².